The predicted molar refractivity (Wildman–Crippen MR) is 74.5 cm³/mol. The fraction of sp³-hybridized carbons (Fsp3) is 0.600. The summed E-state index contributed by atoms with van der Waals surface area (Å²) in [5, 5.41) is 0.331. The number of hydrogen-bond donors (Lipinski definition) is 0. The van der Waals surface area contributed by atoms with Crippen molar-refractivity contribution in [2.24, 2.45) is 5.92 Å². The van der Waals surface area contributed by atoms with E-state index in [1.165, 1.54) is 18.4 Å². The quantitative estimate of drug-likeness (QED) is 0.529. The summed E-state index contributed by atoms with van der Waals surface area (Å²) in [5.41, 5.74) is 1.25. The van der Waals surface area contributed by atoms with Crippen LogP contribution in [0.3, 0.4) is 0 Å². The first-order chi connectivity index (χ1) is 8.81. The summed E-state index contributed by atoms with van der Waals surface area (Å²) in [4.78, 5) is 0. The summed E-state index contributed by atoms with van der Waals surface area (Å²) >= 11 is 6.35. The van der Waals surface area contributed by atoms with Gasteiger partial charge in [-0.15, -0.1) is 11.6 Å². The molecule has 1 fully saturated rings. The van der Waals surface area contributed by atoms with Crippen LogP contribution in [0, 0.1) is 5.92 Å². The molecule has 0 aliphatic heterocycles. The van der Waals surface area contributed by atoms with Crippen molar-refractivity contribution in [1.29, 1.82) is 0 Å². The smallest absolute Gasteiger partial charge is 0.122 e. The molecule has 100 valence electrons. The third-order valence-corrected chi connectivity index (χ3v) is 3.92. The number of aryl methyl sites for hydroxylation is 1. The predicted octanol–water partition coefficient (Wildman–Crippen LogP) is 3.66. The van der Waals surface area contributed by atoms with Crippen LogP contribution in [0.2, 0.25) is 0 Å². The summed E-state index contributed by atoms with van der Waals surface area (Å²) in [5.74, 6) is 1.72. The van der Waals surface area contributed by atoms with Crippen LogP contribution in [0.25, 0.3) is 0 Å². The van der Waals surface area contributed by atoms with Gasteiger partial charge >= 0.3 is 0 Å². The van der Waals surface area contributed by atoms with Gasteiger partial charge < -0.3 is 9.47 Å². The highest BCUT2D eigenvalue weighted by Crippen LogP contribution is 2.38. The second-order valence-electron chi connectivity index (χ2n) is 4.84. The van der Waals surface area contributed by atoms with Crippen LogP contribution in [-0.4, -0.2) is 25.7 Å². The molecular formula is C15H21ClO2. The first kappa shape index (κ1) is 13.7. The zero-order valence-electron chi connectivity index (χ0n) is 10.9. The van der Waals surface area contributed by atoms with Gasteiger partial charge in [0, 0.05) is 12.5 Å². The van der Waals surface area contributed by atoms with Gasteiger partial charge in [0.15, 0.2) is 0 Å². The third-order valence-electron chi connectivity index (χ3n) is 3.34. The van der Waals surface area contributed by atoms with Crippen molar-refractivity contribution in [1.82, 2.24) is 0 Å². The molecule has 0 N–H and O–H groups in total. The van der Waals surface area contributed by atoms with Crippen molar-refractivity contribution >= 4 is 11.6 Å². The number of ether oxygens (including phenoxy) is 2. The standard InChI is InChI=1S/C15H21ClO2/c1-17-10-11-18-15-5-3-2-4-13(15)8-9-14(16)12-6-7-12/h2-5,12,14H,6-11H2,1H3. The average molecular weight is 269 g/mol. The van der Waals surface area contributed by atoms with Gasteiger partial charge in [0.2, 0.25) is 0 Å². The molecule has 3 heteroatoms. The molecule has 1 saturated carbocycles. The molecule has 2 nitrogen and oxygen atoms in total. The minimum atomic E-state index is 0.331. The molecule has 1 aromatic rings. The molecule has 1 unspecified atom stereocenters. The van der Waals surface area contributed by atoms with Crippen LogP contribution in [-0.2, 0) is 11.2 Å². The Morgan fingerprint density at radius 3 is 2.78 bits per heavy atom. The Morgan fingerprint density at radius 2 is 2.06 bits per heavy atom. The lowest BCUT2D eigenvalue weighted by Crippen LogP contribution is -2.07. The van der Waals surface area contributed by atoms with Gasteiger partial charge in [-0.05, 0) is 43.2 Å². The van der Waals surface area contributed by atoms with Crippen LogP contribution in [0.1, 0.15) is 24.8 Å². The maximum atomic E-state index is 6.35. The van der Waals surface area contributed by atoms with Crippen LogP contribution < -0.4 is 4.74 Å². The molecule has 0 aromatic heterocycles. The first-order valence-corrected chi connectivity index (χ1v) is 7.08. The number of para-hydroxylation sites is 1. The monoisotopic (exact) mass is 268 g/mol. The molecule has 0 heterocycles. The molecule has 1 aliphatic carbocycles. The largest absolute Gasteiger partial charge is 0.491 e. The molecule has 0 spiro atoms. The molecule has 1 aliphatic rings. The van der Waals surface area contributed by atoms with Gasteiger partial charge in [-0.25, -0.2) is 0 Å². The maximum absolute atomic E-state index is 6.35. The second-order valence-corrected chi connectivity index (χ2v) is 5.40. The highest BCUT2D eigenvalue weighted by atomic mass is 35.5. The molecule has 0 amide bonds. The number of halogens is 1. The molecular weight excluding hydrogens is 248 g/mol. The lowest BCUT2D eigenvalue weighted by Gasteiger charge is -2.12. The van der Waals surface area contributed by atoms with Crippen molar-refractivity contribution in [3.63, 3.8) is 0 Å². The van der Waals surface area contributed by atoms with E-state index in [1.807, 2.05) is 12.1 Å². The fourth-order valence-electron chi connectivity index (χ4n) is 2.07. The molecule has 1 aromatic carbocycles. The highest BCUT2D eigenvalue weighted by Gasteiger charge is 2.29. The van der Waals surface area contributed by atoms with Gasteiger partial charge in [-0.2, -0.15) is 0 Å². The van der Waals surface area contributed by atoms with Gasteiger partial charge in [-0.1, -0.05) is 18.2 Å². The number of methoxy groups -OCH3 is 1. The average Bonchev–Trinajstić information content (AvgIpc) is 3.22. The van der Waals surface area contributed by atoms with E-state index in [-0.39, 0.29) is 0 Å². The van der Waals surface area contributed by atoms with Gasteiger partial charge in [-0.3, -0.25) is 0 Å². The van der Waals surface area contributed by atoms with E-state index in [2.05, 4.69) is 12.1 Å². The highest BCUT2D eigenvalue weighted by molar-refractivity contribution is 6.20. The number of alkyl halides is 1. The minimum Gasteiger partial charge on any atom is -0.491 e. The molecule has 2 rings (SSSR count). The Kier molecular flexibility index (Phi) is 5.33. The fourth-order valence-corrected chi connectivity index (χ4v) is 2.43. The van der Waals surface area contributed by atoms with Crippen molar-refractivity contribution in [2.75, 3.05) is 20.3 Å². The zero-order chi connectivity index (χ0) is 12.8. The Balaban J connectivity index is 1.85. The summed E-state index contributed by atoms with van der Waals surface area (Å²) in [6.45, 7) is 1.22. The summed E-state index contributed by atoms with van der Waals surface area (Å²) in [6, 6.07) is 8.20. The molecule has 18 heavy (non-hydrogen) atoms. The van der Waals surface area contributed by atoms with E-state index in [1.54, 1.807) is 7.11 Å². The van der Waals surface area contributed by atoms with Crippen LogP contribution in [0.5, 0.6) is 5.75 Å². The van der Waals surface area contributed by atoms with E-state index in [4.69, 9.17) is 21.1 Å². The topological polar surface area (TPSA) is 18.5 Å². The lowest BCUT2D eigenvalue weighted by atomic mass is 10.1. The van der Waals surface area contributed by atoms with E-state index in [9.17, 15) is 0 Å². The Labute approximate surface area is 114 Å². The van der Waals surface area contributed by atoms with E-state index in [0.717, 1.165) is 24.5 Å². The van der Waals surface area contributed by atoms with Crippen molar-refractivity contribution < 1.29 is 9.47 Å². The SMILES string of the molecule is COCCOc1ccccc1CCC(Cl)C1CC1. The van der Waals surface area contributed by atoms with Crippen molar-refractivity contribution in [3.8, 4) is 5.75 Å². The van der Waals surface area contributed by atoms with Crippen LogP contribution in [0.4, 0.5) is 0 Å². The van der Waals surface area contributed by atoms with Crippen LogP contribution in [0.15, 0.2) is 24.3 Å². The lowest BCUT2D eigenvalue weighted by molar-refractivity contribution is 0.145. The number of hydrogen-bond acceptors (Lipinski definition) is 2. The van der Waals surface area contributed by atoms with Crippen molar-refractivity contribution in [2.45, 2.75) is 31.1 Å². The Hall–Kier alpha value is -0.730. The zero-order valence-corrected chi connectivity index (χ0v) is 11.7. The maximum Gasteiger partial charge on any atom is 0.122 e. The van der Waals surface area contributed by atoms with E-state index < -0.39 is 0 Å². The number of rotatable bonds is 8. The second kappa shape index (κ2) is 7.01. The first-order valence-electron chi connectivity index (χ1n) is 6.65. The molecule has 0 saturated heterocycles. The molecule has 0 bridgehead atoms. The summed E-state index contributed by atoms with van der Waals surface area (Å²) in [6.07, 6.45) is 4.64. The normalized spacial score (nSPS) is 16.6. The molecule has 1 atom stereocenters. The minimum absolute atomic E-state index is 0.331. The molecule has 0 radical (unpaired) electrons. The van der Waals surface area contributed by atoms with Crippen LogP contribution >= 0.6 is 11.6 Å². The van der Waals surface area contributed by atoms with E-state index in [0.29, 0.717) is 18.6 Å². The Bertz CT molecular complexity index is 363. The van der Waals surface area contributed by atoms with Gasteiger partial charge in [0.05, 0.1) is 6.61 Å². The summed E-state index contributed by atoms with van der Waals surface area (Å²) in [7, 11) is 1.68. The van der Waals surface area contributed by atoms with Gasteiger partial charge in [0.1, 0.15) is 12.4 Å². The van der Waals surface area contributed by atoms with Gasteiger partial charge in [0.25, 0.3) is 0 Å². The van der Waals surface area contributed by atoms with E-state index >= 15 is 0 Å². The third kappa shape index (κ3) is 4.18. The summed E-state index contributed by atoms with van der Waals surface area (Å²) < 4.78 is 10.7. The van der Waals surface area contributed by atoms with Crippen molar-refractivity contribution in [3.05, 3.63) is 29.8 Å². The Morgan fingerprint density at radius 1 is 1.28 bits per heavy atom. The number of benzene rings is 1.